The molecular formula is C18H22N4O3. The number of carbonyl (C=O) groups is 2. The Morgan fingerprint density at radius 1 is 1.32 bits per heavy atom. The second kappa shape index (κ2) is 7.94. The second-order valence-corrected chi connectivity index (χ2v) is 6.24. The third-order valence-electron chi connectivity index (χ3n) is 4.47. The molecule has 1 aromatic heterocycles. The second-order valence-electron chi connectivity index (χ2n) is 6.24. The van der Waals surface area contributed by atoms with Crippen LogP contribution in [0.25, 0.3) is 0 Å². The first-order valence-corrected chi connectivity index (χ1v) is 8.43. The summed E-state index contributed by atoms with van der Waals surface area (Å²) in [5.41, 5.74) is 1.60. The Balaban J connectivity index is 1.86. The number of carbonyl (C=O) groups excluding carboxylic acids is 1. The number of aromatic nitrogens is 2. The van der Waals surface area contributed by atoms with E-state index in [4.69, 9.17) is 0 Å². The molecule has 0 aliphatic carbocycles. The molecule has 7 heteroatoms. The van der Waals surface area contributed by atoms with Gasteiger partial charge >= 0.3 is 5.97 Å². The van der Waals surface area contributed by atoms with Gasteiger partial charge in [0.1, 0.15) is 6.04 Å². The van der Waals surface area contributed by atoms with E-state index in [0.717, 1.165) is 24.9 Å². The Bertz CT molecular complexity index is 696. The van der Waals surface area contributed by atoms with Crippen LogP contribution in [0.5, 0.6) is 0 Å². The normalized spacial score (nSPS) is 18.0. The monoisotopic (exact) mass is 342 g/mol. The van der Waals surface area contributed by atoms with Gasteiger partial charge < -0.3 is 20.3 Å². The summed E-state index contributed by atoms with van der Waals surface area (Å²) in [5.74, 6) is -1.18. The minimum absolute atomic E-state index is 0.159. The lowest BCUT2D eigenvalue weighted by Crippen LogP contribution is -2.51. The molecule has 0 radical (unpaired) electrons. The maximum atomic E-state index is 13.0. The van der Waals surface area contributed by atoms with Gasteiger partial charge in [0, 0.05) is 24.9 Å². The number of nitrogens with one attached hydrogen (secondary N) is 2. The number of aromatic amines is 1. The quantitative estimate of drug-likeness (QED) is 0.702. The number of rotatable bonds is 7. The van der Waals surface area contributed by atoms with E-state index in [0.29, 0.717) is 5.69 Å². The fraction of sp³-hybridized carbons (Fsp3) is 0.389. The lowest BCUT2D eigenvalue weighted by molar-refractivity contribution is -0.151. The summed E-state index contributed by atoms with van der Waals surface area (Å²) in [4.78, 5) is 33.3. The molecule has 1 saturated heterocycles. The lowest BCUT2D eigenvalue weighted by atomic mass is 10.1. The Morgan fingerprint density at radius 3 is 2.72 bits per heavy atom. The first kappa shape index (κ1) is 17.2. The summed E-state index contributed by atoms with van der Waals surface area (Å²) < 4.78 is 0. The number of benzene rings is 1. The number of aliphatic carboxylic acids is 1. The molecule has 3 rings (SSSR count). The maximum absolute atomic E-state index is 13.0. The van der Waals surface area contributed by atoms with Crippen LogP contribution in [0.2, 0.25) is 0 Å². The topological polar surface area (TPSA) is 98.3 Å². The molecule has 0 bridgehead atoms. The number of H-pyrrole nitrogens is 1. The van der Waals surface area contributed by atoms with Gasteiger partial charge in [-0.2, -0.15) is 0 Å². The van der Waals surface area contributed by atoms with Gasteiger partial charge in [0.05, 0.1) is 12.4 Å². The van der Waals surface area contributed by atoms with Crippen molar-refractivity contribution >= 4 is 11.9 Å². The average molecular weight is 342 g/mol. The fourth-order valence-electron chi connectivity index (χ4n) is 3.15. The molecule has 1 aliphatic heterocycles. The third kappa shape index (κ3) is 4.24. The number of nitrogens with zero attached hydrogens (tertiary/aromatic N) is 2. The van der Waals surface area contributed by atoms with Crippen LogP contribution in [-0.2, 0) is 22.6 Å². The van der Waals surface area contributed by atoms with Crippen molar-refractivity contribution in [3.05, 3.63) is 54.1 Å². The minimum Gasteiger partial charge on any atom is -0.480 e. The Morgan fingerprint density at radius 2 is 2.12 bits per heavy atom. The van der Waals surface area contributed by atoms with Gasteiger partial charge in [-0.15, -0.1) is 0 Å². The Hall–Kier alpha value is -2.67. The van der Waals surface area contributed by atoms with E-state index >= 15 is 0 Å². The standard InChI is InChI=1S/C18H22N4O3/c23-17(15-7-4-8-20-15)22(11-13-5-2-1-3-6-13)16(18(24)25)9-14-10-19-12-21-14/h1-3,5-6,10,12,15-16,20H,4,7-9,11H2,(H,19,21)(H,24,25)/t15-,16-/m0/s1. The predicted octanol–water partition coefficient (Wildman–Crippen LogP) is 1.19. The first-order valence-electron chi connectivity index (χ1n) is 8.43. The van der Waals surface area contributed by atoms with Gasteiger partial charge in [-0.1, -0.05) is 30.3 Å². The zero-order valence-electron chi connectivity index (χ0n) is 13.9. The van der Waals surface area contributed by atoms with Gasteiger partial charge in [0.15, 0.2) is 0 Å². The first-order chi connectivity index (χ1) is 12.1. The lowest BCUT2D eigenvalue weighted by Gasteiger charge is -2.31. The van der Waals surface area contributed by atoms with Crippen molar-refractivity contribution in [3.63, 3.8) is 0 Å². The SMILES string of the molecule is O=C(O)[C@H](Cc1cnc[nH]1)N(Cc1ccccc1)C(=O)[C@@H]1CCCN1. The van der Waals surface area contributed by atoms with Crippen molar-refractivity contribution < 1.29 is 14.7 Å². The van der Waals surface area contributed by atoms with Crippen LogP contribution in [0.4, 0.5) is 0 Å². The smallest absolute Gasteiger partial charge is 0.326 e. The molecule has 1 fully saturated rings. The summed E-state index contributed by atoms with van der Waals surface area (Å²) in [6, 6.07) is 8.21. The zero-order chi connectivity index (χ0) is 17.6. The molecule has 2 atom stereocenters. The van der Waals surface area contributed by atoms with Gasteiger partial charge in [-0.05, 0) is 24.9 Å². The van der Waals surface area contributed by atoms with Crippen molar-refractivity contribution in [3.8, 4) is 0 Å². The molecule has 132 valence electrons. The van der Waals surface area contributed by atoms with E-state index in [9.17, 15) is 14.7 Å². The van der Waals surface area contributed by atoms with Crippen molar-refractivity contribution in [2.75, 3.05) is 6.54 Å². The predicted molar refractivity (Wildman–Crippen MR) is 91.7 cm³/mol. The number of amides is 1. The summed E-state index contributed by atoms with van der Waals surface area (Å²) in [7, 11) is 0. The van der Waals surface area contributed by atoms with E-state index in [1.807, 2.05) is 30.3 Å². The van der Waals surface area contributed by atoms with E-state index < -0.39 is 12.0 Å². The van der Waals surface area contributed by atoms with Crippen molar-refractivity contribution in [2.24, 2.45) is 0 Å². The average Bonchev–Trinajstić information content (AvgIpc) is 3.31. The molecule has 1 amide bonds. The van der Waals surface area contributed by atoms with Crippen LogP contribution in [0.3, 0.4) is 0 Å². The van der Waals surface area contributed by atoms with Crippen LogP contribution in [0.1, 0.15) is 24.1 Å². The molecule has 2 heterocycles. The summed E-state index contributed by atoms with van der Waals surface area (Å²) in [6.07, 6.45) is 4.96. The summed E-state index contributed by atoms with van der Waals surface area (Å²) >= 11 is 0. The molecule has 0 spiro atoms. The molecule has 0 unspecified atom stereocenters. The Kier molecular flexibility index (Phi) is 5.45. The van der Waals surface area contributed by atoms with Crippen LogP contribution in [0, 0.1) is 0 Å². The van der Waals surface area contributed by atoms with Crippen LogP contribution in [-0.4, -0.2) is 50.5 Å². The number of carboxylic acids is 1. The molecule has 1 aromatic carbocycles. The van der Waals surface area contributed by atoms with Crippen molar-refractivity contribution in [1.29, 1.82) is 0 Å². The highest BCUT2D eigenvalue weighted by Crippen LogP contribution is 2.17. The third-order valence-corrected chi connectivity index (χ3v) is 4.47. The molecule has 25 heavy (non-hydrogen) atoms. The van der Waals surface area contributed by atoms with E-state index in [1.54, 1.807) is 6.20 Å². The van der Waals surface area contributed by atoms with Gasteiger partial charge in [-0.25, -0.2) is 9.78 Å². The highest BCUT2D eigenvalue weighted by Gasteiger charge is 2.35. The van der Waals surface area contributed by atoms with E-state index in [1.165, 1.54) is 11.2 Å². The molecule has 0 saturated carbocycles. The number of imidazole rings is 1. The van der Waals surface area contributed by atoms with Crippen LogP contribution in [0.15, 0.2) is 42.9 Å². The summed E-state index contributed by atoms with van der Waals surface area (Å²) in [5, 5.41) is 12.9. The number of hydrogen-bond acceptors (Lipinski definition) is 4. The van der Waals surface area contributed by atoms with Crippen molar-refractivity contribution in [2.45, 2.75) is 37.9 Å². The van der Waals surface area contributed by atoms with E-state index in [2.05, 4.69) is 15.3 Å². The zero-order valence-corrected chi connectivity index (χ0v) is 13.9. The molecule has 2 aromatic rings. The van der Waals surface area contributed by atoms with Gasteiger partial charge in [-0.3, -0.25) is 4.79 Å². The Labute approximate surface area is 146 Å². The number of carboxylic acid groups (broad SMARTS) is 1. The largest absolute Gasteiger partial charge is 0.480 e. The highest BCUT2D eigenvalue weighted by atomic mass is 16.4. The summed E-state index contributed by atoms with van der Waals surface area (Å²) in [6.45, 7) is 1.05. The van der Waals surface area contributed by atoms with Crippen molar-refractivity contribution in [1.82, 2.24) is 20.2 Å². The molecule has 1 aliphatic rings. The molecule has 7 nitrogen and oxygen atoms in total. The fourth-order valence-corrected chi connectivity index (χ4v) is 3.15. The van der Waals surface area contributed by atoms with E-state index in [-0.39, 0.29) is 24.9 Å². The van der Waals surface area contributed by atoms with Gasteiger partial charge in [0.25, 0.3) is 0 Å². The number of hydrogen-bond donors (Lipinski definition) is 3. The minimum atomic E-state index is -1.02. The van der Waals surface area contributed by atoms with Gasteiger partial charge in [0.2, 0.25) is 5.91 Å². The highest BCUT2D eigenvalue weighted by molar-refractivity contribution is 5.87. The van der Waals surface area contributed by atoms with Crippen LogP contribution >= 0.6 is 0 Å². The maximum Gasteiger partial charge on any atom is 0.326 e. The van der Waals surface area contributed by atoms with Crippen LogP contribution < -0.4 is 5.32 Å². The molecule has 3 N–H and O–H groups in total. The molecular weight excluding hydrogens is 320 g/mol.